The molecule has 0 amide bonds. The van der Waals surface area contributed by atoms with Gasteiger partial charge in [-0.1, -0.05) is 32.0 Å². The first-order valence-corrected chi connectivity index (χ1v) is 6.97. The fourth-order valence-corrected chi connectivity index (χ4v) is 2.01. The zero-order chi connectivity index (χ0) is 14.1. The predicted molar refractivity (Wildman–Crippen MR) is 77.5 cm³/mol. The van der Waals surface area contributed by atoms with Crippen LogP contribution in [0.1, 0.15) is 25.8 Å². The molecule has 0 fully saturated rings. The maximum Gasteiger partial charge on any atom is 0.122 e. The van der Waals surface area contributed by atoms with Crippen molar-refractivity contribution in [3.05, 3.63) is 29.8 Å². The van der Waals surface area contributed by atoms with E-state index in [0.717, 1.165) is 30.8 Å². The maximum absolute atomic E-state index is 9.46. The quantitative estimate of drug-likeness (QED) is 0.698. The smallest absolute Gasteiger partial charge is 0.122 e. The van der Waals surface area contributed by atoms with Crippen molar-refractivity contribution < 1.29 is 14.6 Å². The molecule has 1 aromatic rings. The summed E-state index contributed by atoms with van der Waals surface area (Å²) in [5.74, 6) is 1.68. The summed E-state index contributed by atoms with van der Waals surface area (Å²) in [5.41, 5.74) is 1.15. The van der Waals surface area contributed by atoms with E-state index >= 15 is 0 Å². The molecule has 1 atom stereocenters. The molecule has 0 aromatic heterocycles. The van der Waals surface area contributed by atoms with Crippen LogP contribution >= 0.6 is 0 Å². The molecule has 0 heterocycles. The Hall–Kier alpha value is -1.06. The van der Waals surface area contributed by atoms with E-state index in [2.05, 4.69) is 19.9 Å². The minimum absolute atomic E-state index is 0.184. The second-order valence-corrected chi connectivity index (χ2v) is 5.32. The van der Waals surface area contributed by atoms with E-state index < -0.39 is 0 Å². The molecule has 0 saturated carbocycles. The number of ether oxygens (including phenoxy) is 2. The Morgan fingerprint density at radius 1 is 1.21 bits per heavy atom. The molecule has 1 N–H and O–H groups in total. The minimum Gasteiger partial charge on any atom is -0.496 e. The van der Waals surface area contributed by atoms with Crippen LogP contribution in [0.3, 0.4) is 0 Å². The van der Waals surface area contributed by atoms with E-state index in [9.17, 15) is 5.11 Å². The first-order chi connectivity index (χ1) is 9.17. The number of benzene rings is 1. The summed E-state index contributed by atoms with van der Waals surface area (Å²) in [7, 11) is 1.68. The van der Waals surface area contributed by atoms with Gasteiger partial charge in [0.2, 0.25) is 0 Å². The number of hydrogen-bond acceptors (Lipinski definition) is 3. The molecule has 3 nitrogen and oxygen atoms in total. The standard InChI is InChI=1S/C16H26O3/c1-13(2)12-19-9-8-14(11-17)10-15-6-4-5-7-16(15)18-3/h4-7,13-14,17H,8-12H2,1-3H3. The second-order valence-electron chi connectivity index (χ2n) is 5.32. The summed E-state index contributed by atoms with van der Waals surface area (Å²) in [6.45, 7) is 5.95. The molecule has 1 rings (SSSR count). The van der Waals surface area contributed by atoms with Crippen molar-refractivity contribution in [3.63, 3.8) is 0 Å². The number of rotatable bonds is 9. The van der Waals surface area contributed by atoms with Gasteiger partial charge < -0.3 is 14.6 Å². The molecule has 19 heavy (non-hydrogen) atoms. The number of hydrogen-bond donors (Lipinski definition) is 1. The molecule has 0 spiro atoms. The Kier molecular flexibility index (Phi) is 7.53. The molecule has 0 aliphatic carbocycles. The van der Waals surface area contributed by atoms with Crippen LogP contribution in [0.15, 0.2) is 24.3 Å². The molecule has 0 aliphatic rings. The van der Waals surface area contributed by atoms with Crippen molar-refractivity contribution in [3.8, 4) is 5.75 Å². The normalized spacial score (nSPS) is 12.7. The molecular formula is C16H26O3. The van der Waals surface area contributed by atoms with Crippen LogP contribution in [0.4, 0.5) is 0 Å². The molecule has 3 heteroatoms. The van der Waals surface area contributed by atoms with E-state index in [1.807, 2.05) is 18.2 Å². The topological polar surface area (TPSA) is 38.7 Å². The van der Waals surface area contributed by atoms with Crippen LogP contribution in [0.5, 0.6) is 5.75 Å². The maximum atomic E-state index is 9.46. The van der Waals surface area contributed by atoms with Crippen molar-refractivity contribution in [2.45, 2.75) is 26.7 Å². The monoisotopic (exact) mass is 266 g/mol. The molecule has 0 aliphatic heterocycles. The zero-order valence-electron chi connectivity index (χ0n) is 12.3. The highest BCUT2D eigenvalue weighted by Gasteiger charge is 2.11. The average Bonchev–Trinajstić information content (AvgIpc) is 2.42. The Bertz CT molecular complexity index is 350. The summed E-state index contributed by atoms with van der Waals surface area (Å²) < 4.78 is 10.9. The molecule has 0 bridgehead atoms. The first-order valence-electron chi connectivity index (χ1n) is 6.97. The average molecular weight is 266 g/mol. The fraction of sp³-hybridized carbons (Fsp3) is 0.625. The largest absolute Gasteiger partial charge is 0.496 e. The highest BCUT2D eigenvalue weighted by Crippen LogP contribution is 2.22. The van der Waals surface area contributed by atoms with Crippen molar-refractivity contribution in [1.29, 1.82) is 0 Å². The van der Waals surface area contributed by atoms with Crippen LogP contribution in [-0.2, 0) is 11.2 Å². The lowest BCUT2D eigenvalue weighted by molar-refractivity contribution is 0.0877. The lowest BCUT2D eigenvalue weighted by atomic mass is 9.96. The van der Waals surface area contributed by atoms with Gasteiger partial charge in [-0.25, -0.2) is 0 Å². The second kappa shape index (κ2) is 8.94. The van der Waals surface area contributed by atoms with Gasteiger partial charge in [0.15, 0.2) is 0 Å². The van der Waals surface area contributed by atoms with Gasteiger partial charge in [0, 0.05) is 19.8 Å². The number of aliphatic hydroxyl groups is 1. The predicted octanol–water partition coefficient (Wildman–Crippen LogP) is 2.91. The zero-order valence-corrected chi connectivity index (χ0v) is 12.3. The lowest BCUT2D eigenvalue weighted by Crippen LogP contribution is -2.14. The van der Waals surface area contributed by atoms with Crippen molar-refractivity contribution >= 4 is 0 Å². The van der Waals surface area contributed by atoms with E-state index in [4.69, 9.17) is 9.47 Å². The molecule has 0 saturated heterocycles. The van der Waals surface area contributed by atoms with E-state index in [0.29, 0.717) is 12.5 Å². The molecular weight excluding hydrogens is 240 g/mol. The molecule has 0 radical (unpaired) electrons. The highest BCUT2D eigenvalue weighted by atomic mass is 16.5. The highest BCUT2D eigenvalue weighted by molar-refractivity contribution is 5.33. The van der Waals surface area contributed by atoms with Crippen molar-refractivity contribution in [2.75, 3.05) is 26.9 Å². The number of aliphatic hydroxyl groups excluding tert-OH is 1. The summed E-state index contributed by atoms with van der Waals surface area (Å²) in [6.07, 6.45) is 1.70. The lowest BCUT2D eigenvalue weighted by Gasteiger charge is -2.16. The van der Waals surface area contributed by atoms with Crippen LogP contribution in [-0.4, -0.2) is 32.0 Å². The third-order valence-electron chi connectivity index (χ3n) is 3.08. The summed E-state index contributed by atoms with van der Waals surface area (Å²) in [6, 6.07) is 7.97. The van der Waals surface area contributed by atoms with Gasteiger partial charge in [0.1, 0.15) is 5.75 Å². The molecule has 108 valence electrons. The van der Waals surface area contributed by atoms with E-state index in [1.54, 1.807) is 7.11 Å². The SMILES string of the molecule is COc1ccccc1CC(CO)CCOCC(C)C. The van der Waals surface area contributed by atoms with Gasteiger partial charge in [-0.3, -0.25) is 0 Å². The van der Waals surface area contributed by atoms with Crippen LogP contribution in [0.2, 0.25) is 0 Å². The first kappa shape index (κ1) is 16.0. The van der Waals surface area contributed by atoms with E-state index in [-0.39, 0.29) is 12.5 Å². The van der Waals surface area contributed by atoms with Crippen molar-refractivity contribution in [1.82, 2.24) is 0 Å². The minimum atomic E-state index is 0.184. The van der Waals surface area contributed by atoms with Gasteiger partial charge in [-0.05, 0) is 36.3 Å². The van der Waals surface area contributed by atoms with Crippen LogP contribution in [0.25, 0.3) is 0 Å². The Morgan fingerprint density at radius 2 is 1.95 bits per heavy atom. The number of methoxy groups -OCH3 is 1. The van der Waals surface area contributed by atoms with Gasteiger partial charge in [-0.15, -0.1) is 0 Å². The van der Waals surface area contributed by atoms with Crippen molar-refractivity contribution in [2.24, 2.45) is 11.8 Å². The van der Waals surface area contributed by atoms with Gasteiger partial charge in [0.05, 0.1) is 7.11 Å². The Balaban J connectivity index is 2.43. The van der Waals surface area contributed by atoms with Gasteiger partial charge >= 0.3 is 0 Å². The molecule has 1 aromatic carbocycles. The van der Waals surface area contributed by atoms with E-state index in [1.165, 1.54) is 0 Å². The third-order valence-corrected chi connectivity index (χ3v) is 3.08. The number of para-hydroxylation sites is 1. The summed E-state index contributed by atoms with van der Waals surface area (Å²) >= 11 is 0. The Labute approximate surface area is 116 Å². The third kappa shape index (κ3) is 6.08. The Morgan fingerprint density at radius 3 is 2.58 bits per heavy atom. The van der Waals surface area contributed by atoms with Crippen LogP contribution < -0.4 is 4.74 Å². The van der Waals surface area contributed by atoms with Crippen LogP contribution in [0, 0.1) is 11.8 Å². The van der Waals surface area contributed by atoms with Gasteiger partial charge in [-0.2, -0.15) is 0 Å². The summed E-state index contributed by atoms with van der Waals surface area (Å²) in [4.78, 5) is 0. The van der Waals surface area contributed by atoms with Gasteiger partial charge in [0.25, 0.3) is 0 Å². The molecule has 1 unspecified atom stereocenters. The fourth-order valence-electron chi connectivity index (χ4n) is 2.01. The summed E-state index contributed by atoms with van der Waals surface area (Å²) in [5, 5.41) is 9.46.